The Bertz CT molecular complexity index is 1080. The van der Waals surface area contributed by atoms with Crippen molar-refractivity contribution in [1.29, 1.82) is 0 Å². The predicted molar refractivity (Wildman–Crippen MR) is 117 cm³/mol. The molecule has 2 amide bonds. The van der Waals surface area contributed by atoms with Gasteiger partial charge in [-0.1, -0.05) is 23.8 Å². The quantitative estimate of drug-likeness (QED) is 0.550. The molecule has 3 aromatic rings. The molecule has 3 rings (SSSR count). The fourth-order valence-corrected chi connectivity index (χ4v) is 2.69. The molecule has 0 atom stereocenters. The van der Waals surface area contributed by atoms with Crippen LogP contribution in [0.1, 0.15) is 22.8 Å². The third-order valence-electron chi connectivity index (χ3n) is 4.15. The monoisotopic (exact) mass is 418 g/mol. The van der Waals surface area contributed by atoms with Crippen LogP contribution in [0.15, 0.2) is 72.8 Å². The first-order valence-corrected chi connectivity index (χ1v) is 9.58. The van der Waals surface area contributed by atoms with Crippen LogP contribution in [0.4, 0.5) is 11.4 Å². The van der Waals surface area contributed by atoms with Gasteiger partial charge < -0.3 is 20.1 Å². The molecule has 0 aliphatic rings. The van der Waals surface area contributed by atoms with Crippen molar-refractivity contribution in [3.05, 3.63) is 83.9 Å². The Morgan fingerprint density at radius 1 is 0.806 bits per heavy atom. The van der Waals surface area contributed by atoms with E-state index >= 15 is 0 Å². The van der Waals surface area contributed by atoms with Gasteiger partial charge in [-0.05, 0) is 61.5 Å². The normalized spacial score (nSPS) is 10.1. The lowest BCUT2D eigenvalue weighted by Crippen LogP contribution is -2.21. The molecule has 7 nitrogen and oxygen atoms in total. The first kappa shape index (κ1) is 21.6. The van der Waals surface area contributed by atoms with Crippen molar-refractivity contribution in [1.82, 2.24) is 0 Å². The zero-order valence-corrected chi connectivity index (χ0v) is 17.2. The summed E-state index contributed by atoms with van der Waals surface area (Å²) < 4.78 is 10.8. The van der Waals surface area contributed by atoms with Gasteiger partial charge in [-0.15, -0.1) is 0 Å². The van der Waals surface area contributed by atoms with Gasteiger partial charge in [-0.2, -0.15) is 0 Å². The second-order valence-corrected chi connectivity index (χ2v) is 6.83. The minimum atomic E-state index is -0.663. The fourth-order valence-electron chi connectivity index (χ4n) is 2.69. The SMILES string of the molecule is CC(=O)Nc1cccc(C(=O)OCC(=O)Nc2ccc(Oc3ccc(C)cc3)cc2)c1. The largest absolute Gasteiger partial charge is 0.457 e. The van der Waals surface area contributed by atoms with Crippen LogP contribution >= 0.6 is 0 Å². The number of ether oxygens (including phenoxy) is 2. The number of hydrogen-bond acceptors (Lipinski definition) is 5. The number of carbonyl (C=O) groups excluding carboxylic acids is 3. The molecule has 0 heterocycles. The van der Waals surface area contributed by atoms with E-state index in [0.717, 1.165) is 11.3 Å². The first-order valence-electron chi connectivity index (χ1n) is 9.58. The summed E-state index contributed by atoms with van der Waals surface area (Å²) in [5, 5.41) is 5.24. The van der Waals surface area contributed by atoms with Crippen LogP contribution in [0.5, 0.6) is 11.5 Å². The molecular formula is C24H22N2O5. The molecule has 0 saturated heterocycles. The molecule has 0 aromatic heterocycles. The average Bonchev–Trinajstić information content (AvgIpc) is 2.75. The highest BCUT2D eigenvalue weighted by molar-refractivity contribution is 5.96. The van der Waals surface area contributed by atoms with E-state index in [9.17, 15) is 14.4 Å². The Hall–Kier alpha value is -4.13. The molecule has 0 bridgehead atoms. The zero-order valence-electron chi connectivity index (χ0n) is 17.2. The van der Waals surface area contributed by atoms with Crippen LogP contribution < -0.4 is 15.4 Å². The lowest BCUT2D eigenvalue weighted by molar-refractivity contribution is -0.119. The van der Waals surface area contributed by atoms with Crippen molar-refractivity contribution in [2.45, 2.75) is 13.8 Å². The van der Waals surface area contributed by atoms with Crippen molar-refractivity contribution in [3.8, 4) is 11.5 Å². The summed E-state index contributed by atoms with van der Waals surface area (Å²) in [6, 6.07) is 20.8. The molecule has 7 heteroatoms. The summed E-state index contributed by atoms with van der Waals surface area (Å²) in [7, 11) is 0. The standard InChI is InChI=1S/C24H22N2O5/c1-16-6-10-21(11-7-16)31-22-12-8-19(9-13-22)26-23(28)15-30-24(29)18-4-3-5-20(14-18)25-17(2)27/h3-14H,15H2,1-2H3,(H,25,27)(H,26,28). The van der Waals surface area contributed by atoms with Crippen LogP contribution in [-0.2, 0) is 14.3 Å². The second-order valence-electron chi connectivity index (χ2n) is 6.83. The van der Waals surface area contributed by atoms with Crippen LogP contribution in [0.2, 0.25) is 0 Å². The van der Waals surface area contributed by atoms with E-state index in [4.69, 9.17) is 9.47 Å². The van der Waals surface area contributed by atoms with E-state index in [1.54, 1.807) is 42.5 Å². The van der Waals surface area contributed by atoms with E-state index in [1.807, 2.05) is 31.2 Å². The Morgan fingerprint density at radius 3 is 2.10 bits per heavy atom. The van der Waals surface area contributed by atoms with Crippen molar-refractivity contribution in [2.75, 3.05) is 17.2 Å². The van der Waals surface area contributed by atoms with E-state index in [1.165, 1.54) is 13.0 Å². The van der Waals surface area contributed by atoms with Gasteiger partial charge in [-0.3, -0.25) is 9.59 Å². The molecular weight excluding hydrogens is 396 g/mol. The number of nitrogens with one attached hydrogen (secondary N) is 2. The average molecular weight is 418 g/mol. The summed E-state index contributed by atoms with van der Waals surface area (Å²) in [6.07, 6.45) is 0. The maximum atomic E-state index is 12.1. The maximum Gasteiger partial charge on any atom is 0.338 e. The topological polar surface area (TPSA) is 93.7 Å². The van der Waals surface area contributed by atoms with E-state index < -0.39 is 18.5 Å². The van der Waals surface area contributed by atoms with Crippen molar-refractivity contribution in [3.63, 3.8) is 0 Å². The number of benzene rings is 3. The minimum absolute atomic E-state index is 0.233. The summed E-state index contributed by atoms with van der Waals surface area (Å²) in [4.78, 5) is 35.4. The number of hydrogen-bond donors (Lipinski definition) is 2. The lowest BCUT2D eigenvalue weighted by Gasteiger charge is -2.09. The number of rotatable bonds is 7. The van der Waals surface area contributed by atoms with Crippen molar-refractivity contribution < 1.29 is 23.9 Å². The maximum absolute atomic E-state index is 12.1. The predicted octanol–water partition coefficient (Wildman–Crippen LogP) is 4.54. The molecule has 0 radical (unpaired) electrons. The van der Waals surface area contributed by atoms with Crippen LogP contribution in [-0.4, -0.2) is 24.4 Å². The minimum Gasteiger partial charge on any atom is -0.457 e. The second kappa shape index (κ2) is 10.1. The molecule has 3 aromatic carbocycles. The summed E-state index contributed by atoms with van der Waals surface area (Å²) in [5.41, 5.74) is 2.40. The molecule has 0 unspecified atom stereocenters. The third-order valence-corrected chi connectivity index (χ3v) is 4.15. The Balaban J connectivity index is 1.49. The molecule has 0 spiro atoms. The van der Waals surface area contributed by atoms with Gasteiger partial charge in [0.05, 0.1) is 5.56 Å². The zero-order chi connectivity index (χ0) is 22.2. The van der Waals surface area contributed by atoms with E-state index in [-0.39, 0.29) is 11.5 Å². The fraction of sp³-hybridized carbons (Fsp3) is 0.125. The smallest absolute Gasteiger partial charge is 0.338 e. The van der Waals surface area contributed by atoms with Gasteiger partial charge >= 0.3 is 5.97 Å². The van der Waals surface area contributed by atoms with Crippen LogP contribution in [0, 0.1) is 6.92 Å². The molecule has 0 aliphatic carbocycles. The molecule has 0 aliphatic heterocycles. The molecule has 31 heavy (non-hydrogen) atoms. The molecule has 0 fully saturated rings. The third kappa shape index (κ3) is 6.71. The molecule has 0 saturated carbocycles. The summed E-state index contributed by atoms with van der Waals surface area (Å²) >= 11 is 0. The highest BCUT2D eigenvalue weighted by Crippen LogP contribution is 2.23. The van der Waals surface area contributed by atoms with Gasteiger partial charge in [0.2, 0.25) is 5.91 Å². The van der Waals surface area contributed by atoms with Gasteiger partial charge in [-0.25, -0.2) is 4.79 Å². The molecule has 158 valence electrons. The number of carbonyl (C=O) groups is 3. The van der Waals surface area contributed by atoms with Crippen LogP contribution in [0.25, 0.3) is 0 Å². The highest BCUT2D eigenvalue weighted by Gasteiger charge is 2.11. The van der Waals surface area contributed by atoms with Crippen LogP contribution in [0.3, 0.4) is 0 Å². The van der Waals surface area contributed by atoms with Gasteiger partial charge in [0.15, 0.2) is 6.61 Å². The highest BCUT2D eigenvalue weighted by atomic mass is 16.5. The number of esters is 1. The van der Waals surface area contributed by atoms with Crippen molar-refractivity contribution in [2.24, 2.45) is 0 Å². The Labute approximate surface area is 180 Å². The van der Waals surface area contributed by atoms with E-state index in [0.29, 0.717) is 17.1 Å². The van der Waals surface area contributed by atoms with Gasteiger partial charge in [0.1, 0.15) is 11.5 Å². The Morgan fingerprint density at radius 2 is 1.45 bits per heavy atom. The lowest BCUT2D eigenvalue weighted by atomic mass is 10.2. The molecule has 2 N–H and O–H groups in total. The first-order chi connectivity index (χ1) is 14.9. The Kier molecular flexibility index (Phi) is 7.01. The summed E-state index contributed by atoms with van der Waals surface area (Å²) in [5.74, 6) is -0.0350. The summed E-state index contributed by atoms with van der Waals surface area (Å²) in [6.45, 7) is 2.93. The van der Waals surface area contributed by atoms with Crippen molar-refractivity contribution >= 4 is 29.2 Å². The number of aryl methyl sites for hydroxylation is 1. The number of amides is 2. The van der Waals surface area contributed by atoms with Gasteiger partial charge in [0.25, 0.3) is 5.91 Å². The number of anilines is 2. The van der Waals surface area contributed by atoms with E-state index in [2.05, 4.69) is 10.6 Å². The van der Waals surface area contributed by atoms with Gasteiger partial charge in [0, 0.05) is 18.3 Å².